The normalized spacial score (nSPS) is 11.8. The van der Waals surface area contributed by atoms with Crippen LogP contribution in [-0.2, 0) is 22.9 Å². The molecule has 0 radical (unpaired) electrons. The molecule has 0 aliphatic heterocycles. The molecular formula is C17H33N5O2. The van der Waals surface area contributed by atoms with Crippen LogP contribution in [0, 0.1) is 13.8 Å². The van der Waals surface area contributed by atoms with Crippen LogP contribution in [0.15, 0.2) is 4.99 Å². The minimum absolute atomic E-state index is 0.640. The maximum absolute atomic E-state index is 5.44. The van der Waals surface area contributed by atoms with E-state index in [-0.39, 0.29) is 0 Å². The highest BCUT2D eigenvalue weighted by atomic mass is 16.5. The van der Waals surface area contributed by atoms with Gasteiger partial charge in [0.05, 0.1) is 18.9 Å². The lowest BCUT2D eigenvalue weighted by atomic mass is 10.1. The Morgan fingerprint density at radius 3 is 2.62 bits per heavy atom. The van der Waals surface area contributed by atoms with Crippen LogP contribution in [0.2, 0.25) is 0 Å². The van der Waals surface area contributed by atoms with Crippen molar-refractivity contribution < 1.29 is 9.47 Å². The van der Waals surface area contributed by atoms with E-state index in [9.17, 15) is 0 Å². The molecule has 1 aromatic heterocycles. The van der Waals surface area contributed by atoms with Gasteiger partial charge in [-0.3, -0.25) is 9.67 Å². The van der Waals surface area contributed by atoms with E-state index in [1.54, 1.807) is 7.11 Å². The highest BCUT2D eigenvalue weighted by Gasteiger charge is 2.08. The third kappa shape index (κ3) is 7.31. The largest absolute Gasteiger partial charge is 0.382 e. The van der Waals surface area contributed by atoms with Crippen molar-refractivity contribution in [2.75, 3.05) is 46.6 Å². The van der Waals surface area contributed by atoms with Gasteiger partial charge in [-0.2, -0.15) is 5.10 Å². The van der Waals surface area contributed by atoms with Crippen molar-refractivity contribution in [1.82, 2.24) is 20.4 Å². The summed E-state index contributed by atoms with van der Waals surface area (Å²) < 4.78 is 12.3. The summed E-state index contributed by atoms with van der Waals surface area (Å²) in [6, 6.07) is 0. The molecule has 7 nitrogen and oxygen atoms in total. The molecule has 0 aromatic carbocycles. The Bertz CT molecular complexity index is 499. The van der Waals surface area contributed by atoms with Gasteiger partial charge in [-0.1, -0.05) is 0 Å². The summed E-state index contributed by atoms with van der Waals surface area (Å²) in [5.74, 6) is 0.855. The van der Waals surface area contributed by atoms with Crippen LogP contribution in [0.3, 0.4) is 0 Å². The molecule has 0 atom stereocenters. The SMILES string of the molecule is CCNC(=NCCCOCCOC)NCCc1c(C)nn(C)c1C. The number of aryl methyl sites for hydroxylation is 2. The molecule has 1 heterocycles. The van der Waals surface area contributed by atoms with Crippen molar-refractivity contribution in [2.45, 2.75) is 33.6 Å². The summed E-state index contributed by atoms with van der Waals surface area (Å²) in [7, 11) is 3.66. The Hall–Kier alpha value is -1.60. The second-order valence-corrected chi connectivity index (χ2v) is 5.67. The third-order valence-electron chi connectivity index (χ3n) is 3.82. The molecule has 0 amide bonds. The van der Waals surface area contributed by atoms with E-state index in [0.717, 1.165) is 44.1 Å². The van der Waals surface area contributed by atoms with Crippen molar-refractivity contribution in [3.05, 3.63) is 17.0 Å². The number of ether oxygens (including phenoxy) is 2. The minimum Gasteiger partial charge on any atom is -0.382 e. The molecule has 0 bridgehead atoms. The number of aromatic nitrogens is 2. The van der Waals surface area contributed by atoms with Crippen LogP contribution in [0.1, 0.15) is 30.3 Å². The Morgan fingerprint density at radius 2 is 2.00 bits per heavy atom. The summed E-state index contributed by atoms with van der Waals surface area (Å²) >= 11 is 0. The van der Waals surface area contributed by atoms with E-state index >= 15 is 0 Å². The van der Waals surface area contributed by atoms with Gasteiger partial charge >= 0.3 is 0 Å². The van der Waals surface area contributed by atoms with Gasteiger partial charge in [-0.15, -0.1) is 0 Å². The summed E-state index contributed by atoms with van der Waals surface area (Å²) in [4.78, 5) is 4.57. The highest BCUT2D eigenvalue weighted by Crippen LogP contribution is 2.11. The first-order valence-corrected chi connectivity index (χ1v) is 8.68. The minimum atomic E-state index is 0.640. The van der Waals surface area contributed by atoms with Crippen LogP contribution in [-0.4, -0.2) is 62.3 Å². The van der Waals surface area contributed by atoms with E-state index in [1.807, 2.05) is 11.7 Å². The number of hydrogen-bond donors (Lipinski definition) is 2. The molecular weight excluding hydrogens is 306 g/mol. The molecule has 1 aromatic rings. The Morgan fingerprint density at radius 1 is 1.21 bits per heavy atom. The van der Waals surface area contributed by atoms with Crippen LogP contribution in [0.5, 0.6) is 0 Å². The van der Waals surface area contributed by atoms with Crippen LogP contribution in [0.25, 0.3) is 0 Å². The van der Waals surface area contributed by atoms with E-state index < -0.39 is 0 Å². The number of aliphatic imine (C=N–C) groups is 1. The lowest BCUT2D eigenvalue weighted by molar-refractivity contribution is 0.0702. The fourth-order valence-electron chi connectivity index (χ4n) is 2.43. The highest BCUT2D eigenvalue weighted by molar-refractivity contribution is 5.79. The van der Waals surface area contributed by atoms with Crippen molar-refractivity contribution >= 4 is 5.96 Å². The van der Waals surface area contributed by atoms with E-state index in [4.69, 9.17) is 9.47 Å². The van der Waals surface area contributed by atoms with Gasteiger partial charge in [0, 0.05) is 46.1 Å². The summed E-state index contributed by atoms with van der Waals surface area (Å²) in [6.45, 7) is 10.7. The molecule has 0 aliphatic rings. The molecule has 0 unspecified atom stereocenters. The molecule has 1 rings (SSSR count). The van der Waals surface area contributed by atoms with Gasteiger partial charge in [0.1, 0.15) is 0 Å². The second-order valence-electron chi connectivity index (χ2n) is 5.67. The zero-order valence-electron chi connectivity index (χ0n) is 15.8. The predicted octanol–water partition coefficient (Wildman–Crippen LogP) is 1.19. The van der Waals surface area contributed by atoms with Gasteiger partial charge in [0.15, 0.2) is 5.96 Å². The molecule has 2 N–H and O–H groups in total. The first kappa shape index (κ1) is 20.4. The van der Waals surface area contributed by atoms with E-state index in [0.29, 0.717) is 19.8 Å². The standard InChI is InChI=1S/C17H33N5O2/c1-6-18-17(19-9-7-11-24-13-12-23-5)20-10-8-16-14(2)21-22(4)15(16)3/h6-13H2,1-5H3,(H2,18,19,20). The molecule has 0 aliphatic carbocycles. The zero-order chi connectivity index (χ0) is 17.8. The first-order chi connectivity index (χ1) is 11.6. The molecule has 7 heteroatoms. The summed E-state index contributed by atoms with van der Waals surface area (Å²) in [5, 5.41) is 11.1. The van der Waals surface area contributed by atoms with Crippen LogP contribution >= 0.6 is 0 Å². The molecule has 0 saturated heterocycles. The molecule has 0 spiro atoms. The smallest absolute Gasteiger partial charge is 0.191 e. The van der Waals surface area contributed by atoms with Gasteiger partial charge in [-0.05, 0) is 39.2 Å². The second kappa shape index (κ2) is 11.9. The van der Waals surface area contributed by atoms with Crippen molar-refractivity contribution in [1.29, 1.82) is 0 Å². The third-order valence-corrected chi connectivity index (χ3v) is 3.82. The van der Waals surface area contributed by atoms with E-state index in [1.165, 1.54) is 11.3 Å². The summed E-state index contributed by atoms with van der Waals surface area (Å²) in [5.41, 5.74) is 3.64. The molecule has 138 valence electrons. The average molecular weight is 339 g/mol. The number of rotatable bonds is 11. The predicted molar refractivity (Wildman–Crippen MR) is 97.7 cm³/mol. The quantitative estimate of drug-likeness (QED) is 0.360. The molecule has 0 saturated carbocycles. The number of methoxy groups -OCH3 is 1. The Balaban J connectivity index is 2.33. The van der Waals surface area contributed by atoms with Crippen LogP contribution in [0.4, 0.5) is 0 Å². The van der Waals surface area contributed by atoms with Crippen molar-refractivity contribution in [2.24, 2.45) is 12.0 Å². The van der Waals surface area contributed by atoms with Gasteiger partial charge in [0.25, 0.3) is 0 Å². The number of nitrogens with one attached hydrogen (secondary N) is 2. The maximum Gasteiger partial charge on any atom is 0.191 e. The Labute approximate surface area is 145 Å². The summed E-state index contributed by atoms with van der Waals surface area (Å²) in [6.07, 6.45) is 1.84. The van der Waals surface area contributed by atoms with Gasteiger partial charge in [0.2, 0.25) is 0 Å². The number of guanidine groups is 1. The molecule has 24 heavy (non-hydrogen) atoms. The monoisotopic (exact) mass is 339 g/mol. The molecule has 0 fully saturated rings. The van der Waals surface area contributed by atoms with Crippen LogP contribution < -0.4 is 10.6 Å². The fraction of sp³-hybridized carbons (Fsp3) is 0.765. The number of nitrogens with zero attached hydrogens (tertiary/aromatic N) is 3. The first-order valence-electron chi connectivity index (χ1n) is 8.68. The Kier molecular flexibility index (Phi) is 10.1. The van der Waals surface area contributed by atoms with Crippen molar-refractivity contribution in [3.8, 4) is 0 Å². The average Bonchev–Trinajstić information content (AvgIpc) is 2.80. The van der Waals surface area contributed by atoms with Gasteiger partial charge < -0.3 is 20.1 Å². The van der Waals surface area contributed by atoms with E-state index in [2.05, 4.69) is 41.5 Å². The lowest BCUT2D eigenvalue weighted by Gasteiger charge is -2.11. The number of hydrogen-bond acceptors (Lipinski definition) is 4. The fourth-order valence-corrected chi connectivity index (χ4v) is 2.43. The maximum atomic E-state index is 5.44. The lowest BCUT2D eigenvalue weighted by Crippen LogP contribution is -2.38. The van der Waals surface area contributed by atoms with Crippen molar-refractivity contribution in [3.63, 3.8) is 0 Å². The topological polar surface area (TPSA) is 72.7 Å². The zero-order valence-corrected chi connectivity index (χ0v) is 15.8. The van der Waals surface area contributed by atoms with Gasteiger partial charge in [-0.25, -0.2) is 0 Å².